The Hall–Kier alpha value is -2.63. The number of aryl methyl sites for hydroxylation is 1. The molecule has 5 heteroatoms. The monoisotopic (exact) mass is 362 g/mol. The van der Waals surface area contributed by atoms with E-state index in [1.165, 1.54) is 11.1 Å². The fourth-order valence-corrected chi connectivity index (χ4v) is 3.84. The topological polar surface area (TPSA) is 77.4 Å². The van der Waals surface area contributed by atoms with Gasteiger partial charge < -0.3 is 21.1 Å². The number of nitrogens with two attached hydrogens (primary N) is 2. The number of benzene rings is 2. The molecule has 0 aliphatic carbocycles. The number of rotatable bonds is 4. The number of hydrogen-bond acceptors (Lipinski definition) is 5. The van der Waals surface area contributed by atoms with Crippen LogP contribution in [0, 0.1) is 0 Å². The predicted octanol–water partition coefficient (Wildman–Crippen LogP) is 3.15. The average molecular weight is 362 g/mol. The molecule has 0 saturated heterocycles. The second kappa shape index (κ2) is 7.55. The van der Waals surface area contributed by atoms with Gasteiger partial charge in [-0.15, -0.1) is 0 Å². The van der Waals surface area contributed by atoms with Gasteiger partial charge in [-0.25, -0.2) is 4.98 Å². The van der Waals surface area contributed by atoms with Gasteiger partial charge in [-0.05, 0) is 53.8 Å². The van der Waals surface area contributed by atoms with Gasteiger partial charge in [0.05, 0.1) is 12.6 Å². The lowest BCUT2D eigenvalue weighted by Gasteiger charge is -2.24. The van der Waals surface area contributed by atoms with E-state index < -0.39 is 0 Å². The van der Waals surface area contributed by atoms with Crippen molar-refractivity contribution in [2.75, 3.05) is 25.1 Å². The second-order valence-electron chi connectivity index (χ2n) is 7.09. The van der Waals surface area contributed by atoms with E-state index >= 15 is 0 Å². The lowest BCUT2D eigenvalue weighted by atomic mass is 10.0. The summed E-state index contributed by atoms with van der Waals surface area (Å²) in [7, 11) is 1.71. The Kier molecular flexibility index (Phi) is 4.97. The molecule has 1 unspecified atom stereocenters. The first-order valence-corrected chi connectivity index (χ1v) is 9.45. The molecule has 0 saturated carbocycles. The maximum absolute atomic E-state index is 6.31. The molecule has 2 aromatic carbocycles. The Bertz CT molecular complexity index is 956. The zero-order chi connectivity index (χ0) is 18.8. The third kappa shape index (κ3) is 3.48. The molecular weight excluding hydrogens is 336 g/mol. The molecule has 0 amide bonds. The number of anilines is 1. The number of para-hydroxylation sites is 1. The number of hydrogen-bond donors (Lipinski definition) is 2. The fraction of sp³-hybridized carbons (Fsp3) is 0.318. The summed E-state index contributed by atoms with van der Waals surface area (Å²) in [6, 6.07) is 16.4. The predicted molar refractivity (Wildman–Crippen MR) is 110 cm³/mol. The summed E-state index contributed by atoms with van der Waals surface area (Å²) in [5.41, 5.74) is 16.9. The molecule has 2 heterocycles. The van der Waals surface area contributed by atoms with E-state index in [1.54, 1.807) is 7.11 Å². The van der Waals surface area contributed by atoms with Crippen LogP contribution in [-0.4, -0.2) is 25.2 Å². The molecule has 0 fully saturated rings. The number of pyridine rings is 1. The summed E-state index contributed by atoms with van der Waals surface area (Å²) in [6.07, 6.45) is 2.12. The summed E-state index contributed by atoms with van der Waals surface area (Å²) in [4.78, 5) is 7.27. The minimum absolute atomic E-state index is 0.194. The van der Waals surface area contributed by atoms with Crippen LogP contribution in [0.15, 0.2) is 48.5 Å². The largest absolute Gasteiger partial charge is 0.497 e. The molecule has 0 bridgehead atoms. The van der Waals surface area contributed by atoms with Crippen molar-refractivity contribution in [3.63, 3.8) is 0 Å². The van der Waals surface area contributed by atoms with Crippen LogP contribution in [0.4, 0.5) is 5.82 Å². The highest BCUT2D eigenvalue weighted by atomic mass is 16.5. The van der Waals surface area contributed by atoms with Crippen molar-refractivity contribution in [2.45, 2.75) is 25.4 Å². The summed E-state index contributed by atoms with van der Waals surface area (Å²) < 4.78 is 5.38. The van der Waals surface area contributed by atoms with Crippen LogP contribution in [0.1, 0.15) is 29.2 Å². The number of fused-ring (bicyclic) bond motifs is 2. The number of ether oxygens (including phenoxy) is 1. The Morgan fingerprint density at radius 2 is 2.00 bits per heavy atom. The van der Waals surface area contributed by atoms with E-state index in [2.05, 4.69) is 29.2 Å². The zero-order valence-electron chi connectivity index (χ0n) is 15.7. The highest BCUT2D eigenvalue weighted by Gasteiger charge is 2.19. The van der Waals surface area contributed by atoms with Crippen LogP contribution in [0.5, 0.6) is 5.75 Å². The molecule has 0 spiro atoms. The summed E-state index contributed by atoms with van der Waals surface area (Å²) in [6.45, 7) is 2.21. The minimum atomic E-state index is -0.194. The van der Waals surface area contributed by atoms with Crippen molar-refractivity contribution >= 4 is 16.7 Å². The van der Waals surface area contributed by atoms with Gasteiger partial charge in [-0.3, -0.25) is 0 Å². The van der Waals surface area contributed by atoms with Gasteiger partial charge >= 0.3 is 0 Å². The lowest BCUT2D eigenvalue weighted by molar-refractivity contribution is 0.414. The van der Waals surface area contributed by atoms with Crippen molar-refractivity contribution in [1.82, 2.24) is 4.98 Å². The summed E-state index contributed by atoms with van der Waals surface area (Å²) >= 11 is 0. The molecule has 4 N–H and O–H groups in total. The minimum Gasteiger partial charge on any atom is -0.497 e. The van der Waals surface area contributed by atoms with Crippen LogP contribution in [0.2, 0.25) is 0 Å². The molecule has 27 heavy (non-hydrogen) atoms. The van der Waals surface area contributed by atoms with Crippen molar-refractivity contribution in [1.29, 1.82) is 0 Å². The van der Waals surface area contributed by atoms with Crippen molar-refractivity contribution < 1.29 is 4.74 Å². The fourth-order valence-electron chi connectivity index (χ4n) is 3.84. The van der Waals surface area contributed by atoms with Gasteiger partial charge in [0.25, 0.3) is 0 Å². The highest BCUT2D eigenvalue weighted by Crippen LogP contribution is 2.30. The first kappa shape index (κ1) is 17.8. The number of aromatic nitrogens is 1. The number of methoxy groups -OCH3 is 1. The van der Waals surface area contributed by atoms with E-state index in [-0.39, 0.29) is 6.04 Å². The van der Waals surface area contributed by atoms with E-state index in [1.807, 2.05) is 24.3 Å². The SMILES string of the molecule is COc1ccc2c(c1)CCCN(c1cc(C(N)CN)c3ccccc3n1)C2. The van der Waals surface area contributed by atoms with Crippen LogP contribution in [0.25, 0.3) is 10.9 Å². The van der Waals surface area contributed by atoms with Crippen LogP contribution < -0.4 is 21.1 Å². The summed E-state index contributed by atoms with van der Waals surface area (Å²) in [5.74, 6) is 1.89. The Labute approximate surface area is 159 Å². The van der Waals surface area contributed by atoms with Crippen molar-refractivity contribution in [3.8, 4) is 5.75 Å². The Morgan fingerprint density at radius 1 is 1.15 bits per heavy atom. The van der Waals surface area contributed by atoms with Crippen molar-refractivity contribution in [3.05, 3.63) is 65.2 Å². The molecule has 140 valence electrons. The quantitative estimate of drug-likeness (QED) is 0.745. The van der Waals surface area contributed by atoms with Crippen LogP contribution in [0.3, 0.4) is 0 Å². The zero-order valence-corrected chi connectivity index (χ0v) is 15.7. The van der Waals surface area contributed by atoms with Crippen LogP contribution in [-0.2, 0) is 13.0 Å². The molecule has 4 rings (SSSR count). The smallest absolute Gasteiger partial charge is 0.129 e. The van der Waals surface area contributed by atoms with Gasteiger partial charge in [-0.1, -0.05) is 24.3 Å². The van der Waals surface area contributed by atoms with Gasteiger partial charge in [0.2, 0.25) is 0 Å². The maximum Gasteiger partial charge on any atom is 0.129 e. The molecule has 1 aliphatic heterocycles. The van der Waals surface area contributed by atoms with E-state index in [0.29, 0.717) is 6.54 Å². The van der Waals surface area contributed by atoms with Crippen LogP contribution >= 0.6 is 0 Å². The third-order valence-electron chi connectivity index (χ3n) is 5.36. The molecule has 3 aromatic rings. The molecule has 5 nitrogen and oxygen atoms in total. The molecular formula is C22H26N4O. The third-order valence-corrected chi connectivity index (χ3v) is 5.36. The Morgan fingerprint density at radius 3 is 2.81 bits per heavy atom. The van der Waals surface area contributed by atoms with E-state index in [9.17, 15) is 0 Å². The Balaban J connectivity index is 1.75. The first-order valence-electron chi connectivity index (χ1n) is 9.45. The van der Waals surface area contributed by atoms with Gasteiger partial charge in [0.1, 0.15) is 11.6 Å². The lowest BCUT2D eigenvalue weighted by Crippen LogP contribution is -2.25. The van der Waals surface area contributed by atoms with Crippen molar-refractivity contribution in [2.24, 2.45) is 11.5 Å². The number of nitrogens with zero attached hydrogens (tertiary/aromatic N) is 2. The summed E-state index contributed by atoms with van der Waals surface area (Å²) in [5, 5.41) is 1.08. The second-order valence-corrected chi connectivity index (χ2v) is 7.09. The molecule has 1 atom stereocenters. The maximum atomic E-state index is 6.31. The normalized spacial score (nSPS) is 15.3. The molecule has 1 aliphatic rings. The molecule has 0 radical (unpaired) electrons. The van der Waals surface area contributed by atoms with Gasteiger partial charge in [0.15, 0.2) is 0 Å². The molecule has 1 aromatic heterocycles. The standard InChI is InChI=1S/C22H26N4O/c1-27-17-9-8-16-14-26(10-4-5-15(16)11-17)22-12-19(20(24)13-23)18-6-2-3-7-21(18)25-22/h2-3,6-9,11-12,20H,4-5,10,13-14,23-24H2,1H3. The average Bonchev–Trinajstić information content (AvgIpc) is 2.94. The first-order chi connectivity index (χ1) is 13.2. The van der Waals surface area contributed by atoms with E-state index in [0.717, 1.165) is 54.0 Å². The van der Waals surface area contributed by atoms with E-state index in [4.69, 9.17) is 21.2 Å². The van der Waals surface area contributed by atoms with Gasteiger partial charge in [0, 0.05) is 31.1 Å². The van der Waals surface area contributed by atoms with Gasteiger partial charge in [-0.2, -0.15) is 0 Å². The highest BCUT2D eigenvalue weighted by molar-refractivity contribution is 5.84.